The van der Waals surface area contributed by atoms with Crippen LogP contribution in [0.15, 0.2) is 64.2 Å². The van der Waals surface area contributed by atoms with Crippen LogP contribution in [0.3, 0.4) is 0 Å². The number of halogens is 1. The third-order valence-electron chi connectivity index (χ3n) is 4.74. The highest BCUT2D eigenvalue weighted by Gasteiger charge is 2.25. The summed E-state index contributed by atoms with van der Waals surface area (Å²) >= 11 is 0. The molecule has 0 spiro atoms. The van der Waals surface area contributed by atoms with Crippen LogP contribution < -0.4 is 21.9 Å². The van der Waals surface area contributed by atoms with Gasteiger partial charge in [-0.1, -0.05) is 43.7 Å². The van der Waals surface area contributed by atoms with E-state index in [1.807, 2.05) is 37.3 Å². The minimum Gasteiger partial charge on any atom is -0.383 e. The largest absolute Gasteiger partial charge is 0.383 e. The van der Waals surface area contributed by atoms with Gasteiger partial charge in [0.1, 0.15) is 11.6 Å². The molecule has 1 heterocycles. The van der Waals surface area contributed by atoms with Crippen molar-refractivity contribution < 1.29 is 9.18 Å². The van der Waals surface area contributed by atoms with Crippen molar-refractivity contribution >= 4 is 17.4 Å². The lowest BCUT2D eigenvalue weighted by Gasteiger charge is -2.25. The number of nitrogens with zero attached hydrogens (tertiary/aromatic N) is 2. The number of rotatable bonds is 7. The molecule has 0 radical (unpaired) electrons. The molecule has 1 aromatic heterocycles. The van der Waals surface area contributed by atoms with Gasteiger partial charge < -0.3 is 5.73 Å². The molecule has 0 fully saturated rings. The van der Waals surface area contributed by atoms with Crippen LogP contribution in [-0.2, 0) is 13.1 Å². The first-order valence-electron chi connectivity index (χ1n) is 9.66. The minimum absolute atomic E-state index is 0.0519. The van der Waals surface area contributed by atoms with E-state index < -0.39 is 23.0 Å². The van der Waals surface area contributed by atoms with E-state index in [-0.39, 0.29) is 23.6 Å². The number of hydrogen-bond donors (Lipinski definition) is 2. The van der Waals surface area contributed by atoms with E-state index in [0.29, 0.717) is 13.0 Å². The molecule has 7 nitrogen and oxygen atoms in total. The quantitative estimate of drug-likeness (QED) is 0.625. The van der Waals surface area contributed by atoms with Crippen molar-refractivity contribution in [2.45, 2.75) is 32.9 Å². The van der Waals surface area contributed by atoms with Crippen molar-refractivity contribution in [1.82, 2.24) is 9.55 Å². The number of hydrogen-bond acceptors (Lipinski definition) is 4. The zero-order valence-electron chi connectivity index (χ0n) is 16.6. The Balaban J connectivity index is 2.14. The summed E-state index contributed by atoms with van der Waals surface area (Å²) in [7, 11) is 0. The minimum atomic E-state index is -0.753. The van der Waals surface area contributed by atoms with Crippen molar-refractivity contribution in [2.24, 2.45) is 0 Å². The van der Waals surface area contributed by atoms with Gasteiger partial charge in [-0.05, 0) is 36.2 Å². The van der Waals surface area contributed by atoms with Crippen LogP contribution in [0.25, 0.3) is 0 Å². The summed E-state index contributed by atoms with van der Waals surface area (Å²) in [6.45, 7) is 2.33. The molecule has 0 saturated heterocycles. The number of nitrogens with two attached hydrogens (primary N) is 1. The number of carbonyl (C=O) groups is 1. The number of anilines is 2. The lowest BCUT2D eigenvalue weighted by atomic mass is 10.1. The monoisotopic (exact) mass is 410 g/mol. The van der Waals surface area contributed by atoms with E-state index in [1.54, 1.807) is 0 Å². The van der Waals surface area contributed by atoms with Gasteiger partial charge in [0.05, 0.1) is 6.54 Å². The molecule has 156 valence electrons. The molecule has 0 aliphatic carbocycles. The number of nitrogens with one attached hydrogen (secondary N) is 1. The third kappa shape index (κ3) is 4.48. The van der Waals surface area contributed by atoms with Crippen molar-refractivity contribution in [2.75, 3.05) is 10.6 Å². The lowest BCUT2D eigenvalue weighted by molar-refractivity contribution is 0.0984. The zero-order valence-corrected chi connectivity index (χ0v) is 16.6. The number of nitrogen functional groups attached to an aromatic ring is 1. The van der Waals surface area contributed by atoms with Crippen molar-refractivity contribution in [1.29, 1.82) is 0 Å². The van der Waals surface area contributed by atoms with Crippen molar-refractivity contribution in [3.63, 3.8) is 0 Å². The van der Waals surface area contributed by atoms with Gasteiger partial charge in [0, 0.05) is 12.1 Å². The predicted octanol–water partition coefficient (Wildman–Crippen LogP) is 2.91. The third-order valence-corrected chi connectivity index (χ3v) is 4.74. The molecule has 8 heteroatoms. The van der Waals surface area contributed by atoms with E-state index >= 15 is 0 Å². The fourth-order valence-corrected chi connectivity index (χ4v) is 3.14. The van der Waals surface area contributed by atoms with Gasteiger partial charge in [-0.25, -0.2) is 9.18 Å². The second kappa shape index (κ2) is 9.21. The van der Waals surface area contributed by atoms with E-state index in [0.717, 1.165) is 12.0 Å². The van der Waals surface area contributed by atoms with Gasteiger partial charge in [0.15, 0.2) is 5.69 Å². The van der Waals surface area contributed by atoms with Crippen LogP contribution >= 0.6 is 0 Å². The molecular weight excluding hydrogens is 387 g/mol. The standard InChI is InChI=1S/C22H23FN4O3/c1-2-3-13-26-19(24)18(20(28)25-22(26)30)27(14-15-7-5-4-6-8-15)21(29)16-9-11-17(23)12-10-16/h4-12H,2-3,13-14,24H2,1H3,(H,25,28,30). The first-order valence-corrected chi connectivity index (χ1v) is 9.66. The zero-order chi connectivity index (χ0) is 21.7. The Morgan fingerprint density at radius 3 is 2.40 bits per heavy atom. The van der Waals surface area contributed by atoms with E-state index in [1.165, 1.54) is 33.7 Å². The predicted molar refractivity (Wildman–Crippen MR) is 114 cm³/mol. The number of unbranched alkanes of at least 4 members (excludes halogenated alkanes) is 1. The maximum absolute atomic E-state index is 13.3. The Morgan fingerprint density at radius 1 is 1.10 bits per heavy atom. The number of H-pyrrole nitrogens is 1. The summed E-state index contributed by atoms with van der Waals surface area (Å²) in [5.41, 5.74) is 5.68. The number of carbonyl (C=O) groups excluding carboxylic acids is 1. The maximum atomic E-state index is 13.3. The van der Waals surface area contributed by atoms with Crippen LogP contribution in [0.5, 0.6) is 0 Å². The highest BCUT2D eigenvalue weighted by Crippen LogP contribution is 2.22. The molecule has 0 unspecified atom stereocenters. The highest BCUT2D eigenvalue weighted by molar-refractivity contribution is 6.07. The Hall–Kier alpha value is -3.68. The summed E-state index contributed by atoms with van der Waals surface area (Å²) in [6, 6.07) is 14.1. The summed E-state index contributed by atoms with van der Waals surface area (Å²) in [5, 5.41) is 0. The Kier molecular flexibility index (Phi) is 6.46. The van der Waals surface area contributed by atoms with Crippen LogP contribution in [-0.4, -0.2) is 15.5 Å². The Bertz CT molecular complexity index is 1140. The van der Waals surface area contributed by atoms with Crippen LogP contribution in [0.1, 0.15) is 35.7 Å². The average molecular weight is 410 g/mol. The number of amides is 1. The van der Waals surface area contributed by atoms with Gasteiger partial charge in [-0.15, -0.1) is 0 Å². The van der Waals surface area contributed by atoms with Crippen LogP contribution in [0, 0.1) is 5.82 Å². The topological polar surface area (TPSA) is 101 Å². The second-order valence-corrected chi connectivity index (χ2v) is 6.88. The molecule has 3 rings (SSSR count). The molecule has 3 N–H and O–H groups in total. The fourth-order valence-electron chi connectivity index (χ4n) is 3.14. The average Bonchev–Trinajstić information content (AvgIpc) is 2.73. The molecule has 1 amide bonds. The molecule has 0 aliphatic rings. The Labute approximate surface area is 172 Å². The van der Waals surface area contributed by atoms with Gasteiger partial charge in [0.25, 0.3) is 11.5 Å². The summed E-state index contributed by atoms with van der Waals surface area (Å²) < 4.78 is 14.6. The second-order valence-electron chi connectivity index (χ2n) is 6.88. The first kappa shape index (κ1) is 21.0. The molecular formula is C22H23FN4O3. The molecule has 0 bridgehead atoms. The first-order chi connectivity index (χ1) is 14.4. The molecule has 0 aliphatic heterocycles. The van der Waals surface area contributed by atoms with Crippen LogP contribution in [0.4, 0.5) is 15.9 Å². The molecule has 3 aromatic rings. The van der Waals surface area contributed by atoms with Gasteiger partial charge in [-0.2, -0.15) is 0 Å². The summed E-state index contributed by atoms with van der Waals surface area (Å²) in [6.07, 6.45) is 1.50. The smallest absolute Gasteiger partial charge is 0.330 e. The van der Waals surface area contributed by atoms with Crippen molar-refractivity contribution in [3.8, 4) is 0 Å². The van der Waals surface area contributed by atoms with Gasteiger partial charge in [-0.3, -0.25) is 24.0 Å². The van der Waals surface area contributed by atoms with Gasteiger partial charge in [0.2, 0.25) is 0 Å². The van der Waals surface area contributed by atoms with E-state index in [2.05, 4.69) is 4.98 Å². The Morgan fingerprint density at radius 2 is 1.77 bits per heavy atom. The molecule has 0 atom stereocenters. The lowest BCUT2D eigenvalue weighted by Crippen LogP contribution is -2.41. The molecule has 30 heavy (non-hydrogen) atoms. The number of aromatic amines is 1. The normalized spacial score (nSPS) is 10.7. The summed E-state index contributed by atoms with van der Waals surface area (Å²) in [4.78, 5) is 41.7. The van der Waals surface area contributed by atoms with E-state index in [9.17, 15) is 18.8 Å². The van der Waals surface area contributed by atoms with Crippen LogP contribution in [0.2, 0.25) is 0 Å². The van der Waals surface area contributed by atoms with E-state index in [4.69, 9.17) is 5.73 Å². The summed E-state index contributed by atoms with van der Waals surface area (Å²) in [5.74, 6) is -1.09. The van der Waals surface area contributed by atoms with Crippen molar-refractivity contribution in [3.05, 3.63) is 92.4 Å². The number of aromatic nitrogens is 2. The fraction of sp³-hybridized carbons (Fsp3) is 0.227. The SMILES string of the molecule is CCCCn1c(N)c(N(Cc2ccccc2)C(=O)c2ccc(F)cc2)c(=O)[nH]c1=O. The molecule has 0 saturated carbocycles. The number of benzene rings is 2. The maximum Gasteiger partial charge on any atom is 0.330 e. The van der Waals surface area contributed by atoms with Gasteiger partial charge >= 0.3 is 5.69 Å². The highest BCUT2D eigenvalue weighted by atomic mass is 19.1. The molecule has 2 aromatic carbocycles.